The topological polar surface area (TPSA) is 42.7 Å². The highest BCUT2D eigenvalue weighted by Gasteiger charge is 2.32. The summed E-state index contributed by atoms with van der Waals surface area (Å²) in [5.41, 5.74) is 0.941. The molecule has 0 N–H and O–H groups in total. The van der Waals surface area contributed by atoms with E-state index in [1.807, 2.05) is 6.07 Å². The predicted molar refractivity (Wildman–Crippen MR) is 95.4 cm³/mol. The number of aryl methyl sites for hydroxylation is 1. The van der Waals surface area contributed by atoms with Gasteiger partial charge in [0, 0.05) is 11.5 Å². The summed E-state index contributed by atoms with van der Waals surface area (Å²) in [6.45, 7) is 2.20. The lowest BCUT2D eigenvalue weighted by molar-refractivity contribution is -0.137. The molecule has 3 aromatic rings. The quantitative estimate of drug-likeness (QED) is 0.536. The summed E-state index contributed by atoms with van der Waals surface area (Å²) < 4.78 is 49.6. The van der Waals surface area contributed by atoms with E-state index in [1.54, 1.807) is 17.9 Å². The van der Waals surface area contributed by atoms with Crippen molar-refractivity contribution >= 4 is 28.3 Å². The molecular weight excluding hydrogens is 383 g/mol. The third-order valence-corrected chi connectivity index (χ3v) is 4.82. The normalized spacial score (nSPS) is 14.2. The summed E-state index contributed by atoms with van der Waals surface area (Å²) in [6.07, 6.45) is -4.47. The average molecular weight is 396 g/mol. The van der Waals surface area contributed by atoms with Gasteiger partial charge < -0.3 is 14.1 Å². The lowest BCUT2D eigenvalue weighted by Crippen LogP contribution is -2.32. The maximum Gasteiger partial charge on any atom is 0.416 e. The van der Waals surface area contributed by atoms with Crippen molar-refractivity contribution in [1.82, 2.24) is 0 Å². The number of alkyl halides is 3. The van der Waals surface area contributed by atoms with Crippen molar-refractivity contribution in [1.29, 1.82) is 0 Å². The second-order valence-corrected chi connectivity index (χ2v) is 6.71. The SMILES string of the molecule is Cc1cc(=O)oc2c3c(ccc12)OCN(c1ccc(C(F)(F)F)cc1Cl)C3. The van der Waals surface area contributed by atoms with E-state index >= 15 is 0 Å². The second-order valence-electron chi connectivity index (χ2n) is 6.30. The number of benzene rings is 2. The molecule has 1 aliphatic rings. The van der Waals surface area contributed by atoms with Gasteiger partial charge in [0.05, 0.1) is 28.4 Å². The molecule has 0 atom stereocenters. The Labute approximate surface area is 156 Å². The highest BCUT2D eigenvalue weighted by Crippen LogP contribution is 2.39. The molecule has 4 nitrogen and oxygen atoms in total. The van der Waals surface area contributed by atoms with Gasteiger partial charge in [-0.15, -0.1) is 0 Å². The van der Waals surface area contributed by atoms with Gasteiger partial charge >= 0.3 is 11.8 Å². The van der Waals surface area contributed by atoms with Crippen LogP contribution in [0.3, 0.4) is 0 Å². The summed E-state index contributed by atoms with van der Waals surface area (Å²) in [5, 5.41) is 0.743. The molecule has 8 heteroatoms. The predicted octanol–water partition coefficient (Wildman–Crippen LogP) is 5.13. The number of nitrogens with zero attached hydrogens (tertiary/aromatic N) is 1. The first-order chi connectivity index (χ1) is 12.7. The van der Waals surface area contributed by atoms with E-state index in [0.717, 1.165) is 23.1 Å². The molecule has 1 aliphatic heterocycles. The number of anilines is 1. The van der Waals surface area contributed by atoms with Crippen molar-refractivity contribution in [2.24, 2.45) is 0 Å². The van der Waals surface area contributed by atoms with Gasteiger partial charge in [0.15, 0.2) is 6.73 Å². The summed E-state index contributed by atoms with van der Waals surface area (Å²) in [5.74, 6) is 0.565. The third-order valence-electron chi connectivity index (χ3n) is 4.52. The van der Waals surface area contributed by atoms with Crippen molar-refractivity contribution in [2.75, 3.05) is 11.6 Å². The lowest BCUT2D eigenvalue weighted by atomic mass is 10.0. The van der Waals surface area contributed by atoms with Crippen LogP contribution < -0.4 is 15.3 Å². The molecule has 0 spiro atoms. The Morgan fingerprint density at radius 1 is 1.15 bits per heavy atom. The number of rotatable bonds is 1. The molecule has 0 unspecified atom stereocenters. The number of halogens is 4. The zero-order chi connectivity index (χ0) is 19.3. The zero-order valence-corrected chi connectivity index (χ0v) is 14.8. The minimum Gasteiger partial charge on any atom is -0.473 e. The van der Waals surface area contributed by atoms with Gasteiger partial charge in [0.25, 0.3) is 0 Å². The maximum absolute atomic E-state index is 12.9. The molecule has 1 aromatic heterocycles. The number of hydrogen-bond donors (Lipinski definition) is 0. The van der Waals surface area contributed by atoms with Crippen LogP contribution in [-0.2, 0) is 12.7 Å². The first-order valence-corrected chi connectivity index (χ1v) is 8.42. The largest absolute Gasteiger partial charge is 0.473 e. The summed E-state index contributed by atoms with van der Waals surface area (Å²) >= 11 is 6.09. The van der Waals surface area contributed by atoms with Gasteiger partial charge in [-0.1, -0.05) is 11.6 Å². The van der Waals surface area contributed by atoms with E-state index < -0.39 is 17.4 Å². The molecule has 0 saturated heterocycles. The number of hydrogen-bond acceptors (Lipinski definition) is 4. The highest BCUT2D eigenvalue weighted by molar-refractivity contribution is 6.33. The standard InChI is InChI=1S/C19H13ClF3NO3/c1-10-6-17(25)27-18-12(10)3-5-16-13(18)8-24(9-26-16)15-4-2-11(7-14(15)20)19(21,22)23/h2-7H,8-9H2,1H3. The van der Waals surface area contributed by atoms with Gasteiger partial charge in [-0.2, -0.15) is 13.2 Å². The summed E-state index contributed by atoms with van der Waals surface area (Å²) in [4.78, 5) is 13.5. The molecule has 4 rings (SSSR count). The monoisotopic (exact) mass is 395 g/mol. The van der Waals surface area contributed by atoms with Gasteiger partial charge in [0.2, 0.25) is 0 Å². The Hall–Kier alpha value is -2.67. The van der Waals surface area contributed by atoms with Crippen LogP contribution in [0.1, 0.15) is 16.7 Å². The van der Waals surface area contributed by atoms with Crippen LogP contribution in [0.5, 0.6) is 5.75 Å². The van der Waals surface area contributed by atoms with Crippen LogP contribution >= 0.6 is 11.6 Å². The number of ether oxygens (including phenoxy) is 1. The van der Waals surface area contributed by atoms with E-state index in [1.165, 1.54) is 12.1 Å². The van der Waals surface area contributed by atoms with Crippen LogP contribution in [0.4, 0.5) is 18.9 Å². The summed E-state index contributed by atoms with van der Waals surface area (Å²) in [6, 6.07) is 8.18. The molecule has 0 bridgehead atoms. The smallest absolute Gasteiger partial charge is 0.416 e. The Morgan fingerprint density at radius 3 is 2.63 bits per heavy atom. The number of fused-ring (bicyclic) bond motifs is 3. The van der Waals surface area contributed by atoms with Gasteiger partial charge in [-0.3, -0.25) is 0 Å². The van der Waals surface area contributed by atoms with E-state index in [-0.39, 0.29) is 18.3 Å². The van der Waals surface area contributed by atoms with E-state index in [9.17, 15) is 18.0 Å². The van der Waals surface area contributed by atoms with Crippen molar-refractivity contribution in [2.45, 2.75) is 19.6 Å². The molecule has 140 valence electrons. The van der Waals surface area contributed by atoms with E-state index in [2.05, 4.69) is 0 Å². The average Bonchev–Trinajstić information content (AvgIpc) is 2.60. The Morgan fingerprint density at radius 2 is 1.93 bits per heavy atom. The van der Waals surface area contributed by atoms with Crippen LogP contribution in [0.15, 0.2) is 45.6 Å². The van der Waals surface area contributed by atoms with Gasteiger partial charge in [-0.25, -0.2) is 4.79 Å². The third kappa shape index (κ3) is 3.12. The zero-order valence-electron chi connectivity index (χ0n) is 14.1. The summed E-state index contributed by atoms with van der Waals surface area (Å²) in [7, 11) is 0. The molecule has 0 amide bonds. The van der Waals surface area contributed by atoms with Crippen molar-refractivity contribution in [3.63, 3.8) is 0 Å². The first-order valence-electron chi connectivity index (χ1n) is 8.05. The molecule has 27 heavy (non-hydrogen) atoms. The maximum atomic E-state index is 12.9. The van der Waals surface area contributed by atoms with Crippen LogP contribution in [0.2, 0.25) is 5.02 Å². The lowest BCUT2D eigenvalue weighted by Gasteiger charge is -2.31. The Balaban J connectivity index is 1.77. The second kappa shape index (κ2) is 6.20. The molecule has 0 aliphatic carbocycles. The van der Waals surface area contributed by atoms with E-state index in [0.29, 0.717) is 22.6 Å². The minimum absolute atomic E-state index is 0.0326. The van der Waals surface area contributed by atoms with Crippen LogP contribution in [0.25, 0.3) is 11.0 Å². The molecule has 0 saturated carbocycles. The highest BCUT2D eigenvalue weighted by atomic mass is 35.5. The van der Waals surface area contributed by atoms with Crippen LogP contribution in [0, 0.1) is 6.92 Å². The molecular formula is C19H13ClF3NO3. The van der Waals surface area contributed by atoms with Gasteiger partial charge in [0.1, 0.15) is 11.3 Å². The fourth-order valence-corrected chi connectivity index (χ4v) is 3.48. The van der Waals surface area contributed by atoms with Crippen molar-refractivity contribution < 1.29 is 22.3 Å². The Kier molecular flexibility index (Phi) is 4.07. The van der Waals surface area contributed by atoms with Crippen molar-refractivity contribution in [3.8, 4) is 5.75 Å². The molecule has 2 aromatic carbocycles. The molecule has 2 heterocycles. The van der Waals surface area contributed by atoms with Crippen molar-refractivity contribution in [3.05, 3.63) is 68.5 Å². The Bertz CT molecular complexity index is 1110. The van der Waals surface area contributed by atoms with Gasteiger partial charge in [-0.05, 0) is 42.8 Å². The fourth-order valence-electron chi connectivity index (χ4n) is 3.18. The van der Waals surface area contributed by atoms with E-state index in [4.69, 9.17) is 20.8 Å². The first kappa shape index (κ1) is 17.7. The fraction of sp³-hybridized carbons (Fsp3) is 0.211. The molecule has 0 radical (unpaired) electrons. The minimum atomic E-state index is -4.47. The van der Waals surface area contributed by atoms with Crippen LogP contribution in [-0.4, -0.2) is 6.73 Å². The molecule has 0 fully saturated rings.